The summed E-state index contributed by atoms with van der Waals surface area (Å²) in [4.78, 5) is 6.43. The Morgan fingerprint density at radius 3 is 2.68 bits per heavy atom. The van der Waals surface area contributed by atoms with Crippen LogP contribution >= 0.6 is 22.6 Å². The maximum Gasteiger partial charge on any atom is 0.266 e. The number of rotatable bonds is 4. The minimum Gasteiger partial charge on any atom is -0.378 e. The van der Waals surface area contributed by atoms with E-state index in [0.29, 0.717) is 0 Å². The zero-order chi connectivity index (χ0) is 18.1. The number of fused-ring (bicyclic) bond motifs is 1. The van der Waals surface area contributed by atoms with Crippen LogP contribution in [0, 0.1) is 5.82 Å². The third kappa shape index (κ3) is 3.61. The van der Waals surface area contributed by atoms with Crippen molar-refractivity contribution in [3.8, 4) is 0 Å². The van der Waals surface area contributed by atoms with E-state index in [0.717, 1.165) is 33.3 Å². The molecule has 25 heavy (non-hydrogen) atoms. The molecule has 1 aromatic carbocycles. The first-order chi connectivity index (χ1) is 11.9. The summed E-state index contributed by atoms with van der Waals surface area (Å²) in [6.07, 6.45) is 0.880. The fourth-order valence-electron chi connectivity index (χ4n) is 2.92. The predicted molar refractivity (Wildman–Crippen MR) is 103 cm³/mol. The van der Waals surface area contributed by atoms with Crippen LogP contribution in [0.25, 0.3) is 6.08 Å². The van der Waals surface area contributed by atoms with Crippen LogP contribution in [0.5, 0.6) is 0 Å². The number of nitrogens with one attached hydrogen (secondary N) is 1. The molecule has 0 aliphatic carbocycles. The summed E-state index contributed by atoms with van der Waals surface area (Å²) in [5.41, 5.74) is 1.35. The Labute approximate surface area is 158 Å². The van der Waals surface area contributed by atoms with Crippen molar-refractivity contribution >= 4 is 40.2 Å². The van der Waals surface area contributed by atoms with Crippen molar-refractivity contribution in [2.45, 2.75) is 19.4 Å². The molecule has 0 spiro atoms. The number of alkyl halides is 2. The number of hydrogen-bond acceptors (Lipinski definition) is 3. The van der Waals surface area contributed by atoms with Gasteiger partial charge in [-0.1, -0.05) is 18.2 Å². The van der Waals surface area contributed by atoms with Crippen molar-refractivity contribution in [1.82, 2.24) is 4.98 Å². The molecular weight excluding hydrogens is 442 g/mol. The van der Waals surface area contributed by atoms with Gasteiger partial charge in [-0.2, -0.15) is 0 Å². The maximum absolute atomic E-state index is 14.4. The number of likely N-dealkylation sites (N-methyl/N-ethyl adjacent to an activating group) is 1. The lowest BCUT2D eigenvalue weighted by atomic mass is 10.0. The highest BCUT2D eigenvalue weighted by Crippen LogP contribution is 2.35. The van der Waals surface area contributed by atoms with Gasteiger partial charge in [0.15, 0.2) is 0 Å². The summed E-state index contributed by atoms with van der Waals surface area (Å²) in [7, 11) is 1.95. The average Bonchev–Trinajstić information content (AvgIpc) is 2.55. The van der Waals surface area contributed by atoms with E-state index in [-0.39, 0.29) is 5.56 Å². The van der Waals surface area contributed by atoms with Crippen LogP contribution in [0.2, 0.25) is 0 Å². The van der Waals surface area contributed by atoms with Crippen molar-refractivity contribution in [2.24, 2.45) is 0 Å². The summed E-state index contributed by atoms with van der Waals surface area (Å²) >= 11 is 2.27. The van der Waals surface area contributed by atoms with E-state index in [9.17, 15) is 13.2 Å². The number of hydrogen-bond donors (Lipinski definition) is 1. The first kappa shape index (κ1) is 18.0. The smallest absolute Gasteiger partial charge is 0.266 e. The Hall–Kier alpha value is -1.77. The van der Waals surface area contributed by atoms with Gasteiger partial charge in [0.25, 0.3) is 6.43 Å². The number of pyridine rings is 1. The maximum atomic E-state index is 14.4. The molecule has 1 N–H and O–H groups in total. The van der Waals surface area contributed by atoms with Crippen molar-refractivity contribution in [1.29, 1.82) is 0 Å². The van der Waals surface area contributed by atoms with Crippen LogP contribution in [0.4, 0.5) is 24.7 Å². The van der Waals surface area contributed by atoms with Crippen LogP contribution in [0.15, 0.2) is 34.0 Å². The van der Waals surface area contributed by atoms with Gasteiger partial charge in [0.2, 0.25) is 0 Å². The van der Waals surface area contributed by atoms with E-state index in [1.165, 1.54) is 12.1 Å². The molecule has 3 nitrogen and oxygen atoms in total. The lowest BCUT2D eigenvalue weighted by molar-refractivity contribution is 0.146. The molecule has 0 bridgehead atoms. The Kier molecular flexibility index (Phi) is 5.21. The first-order valence-corrected chi connectivity index (χ1v) is 8.85. The molecule has 0 saturated heterocycles. The van der Waals surface area contributed by atoms with E-state index in [1.807, 2.05) is 24.1 Å². The largest absolute Gasteiger partial charge is 0.378 e. The standard InChI is InChI=1S/C18H17F3IN3/c1-10(12-4-3-5-13(16(12)19)17(20)21)24-15-6-7-23-18-14(15)8-11(22)9-25(18)2/h3-8,10,17H,9H2,1-2H3,(H,23,24)/t10-/m1/s1. The number of benzene rings is 1. The molecule has 0 amide bonds. The van der Waals surface area contributed by atoms with Crippen molar-refractivity contribution in [3.05, 3.63) is 56.5 Å². The lowest BCUT2D eigenvalue weighted by Gasteiger charge is -2.27. The van der Waals surface area contributed by atoms with E-state index >= 15 is 0 Å². The van der Waals surface area contributed by atoms with Gasteiger partial charge in [0, 0.05) is 40.2 Å². The molecule has 0 fully saturated rings. The predicted octanol–water partition coefficient (Wildman–Crippen LogP) is 5.56. The summed E-state index contributed by atoms with van der Waals surface area (Å²) in [5.74, 6) is -0.0258. The Bertz CT molecular complexity index is 823. The minimum absolute atomic E-state index is 0.214. The highest BCUT2D eigenvalue weighted by Gasteiger charge is 2.22. The van der Waals surface area contributed by atoms with Crippen molar-refractivity contribution < 1.29 is 13.2 Å². The van der Waals surface area contributed by atoms with Gasteiger partial charge in [-0.25, -0.2) is 18.2 Å². The lowest BCUT2D eigenvalue weighted by Crippen LogP contribution is -2.24. The monoisotopic (exact) mass is 459 g/mol. The zero-order valence-corrected chi connectivity index (χ0v) is 15.9. The molecule has 0 saturated carbocycles. The van der Waals surface area contributed by atoms with Gasteiger partial charge in [-0.05, 0) is 41.7 Å². The summed E-state index contributed by atoms with van der Waals surface area (Å²) in [5, 5.41) is 3.23. The Morgan fingerprint density at radius 2 is 1.96 bits per heavy atom. The highest BCUT2D eigenvalue weighted by atomic mass is 127. The second-order valence-electron chi connectivity index (χ2n) is 5.96. The summed E-state index contributed by atoms with van der Waals surface area (Å²) < 4.78 is 41.4. The molecule has 1 atom stereocenters. The second-order valence-corrected chi connectivity index (χ2v) is 7.35. The number of halogens is 4. The van der Waals surface area contributed by atoms with Gasteiger partial charge < -0.3 is 10.2 Å². The van der Waals surface area contributed by atoms with Crippen LogP contribution in [0.3, 0.4) is 0 Å². The molecule has 3 rings (SSSR count). The van der Waals surface area contributed by atoms with Gasteiger partial charge >= 0.3 is 0 Å². The molecule has 1 aliphatic rings. The molecule has 1 aromatic heterocycles. The zero-order valence-electron chi connectivity index (χ0n) is 13.7. The van der Waals surface area contributed by atoms with Gasteiger partial charge in [-0.15, -0.1) is 0 Å². The molecule has 1 aliphatic heterocycles. The van der Waals surface area contributed by atoms with E-state index in [4.69, 9.17) is 0 Å². The minimum atomic E-state index is -2.83. The van der Waals surface area contributed by atoms with E-state index in [2.05, 4.69) is 32.9 Å². The second kappa shape index (κ2) is 7.23. The number of aromatic nitrogens is 1. The van der Waals surface area contributed by atoms with Gasteiger partial charge in [0.05, 0.1) is 11.6 Å². The van der Waals surface area contributed by atoms with E-state index < -0.39 is 23.8 Å². The van der Waals surface area contributed by atoms with Gasteiger partial charge in [-0.3, -0.25) is 0 Å². The normalized spacial score (nSPS) is 15.0. The Balaban J connectivity index is 1.95. The highest BCUT2D eigenvalue weighted by molar-refractivity contribution is 14.1. The summed E-state index contributed by atoms with van der Waals surface area (Å²) in [6.45, 7) is 2.53. The molecule has 0 radical (unpaired) electrons. The topological polar surface area (TPSA) is 28.2 Å². The molecule has 7 heteroatoms. The van der Waals surface area contributed by atoms with Crippen LogP contribution in [-0.2, 0) is 0 Å². The molecule has 2 heterocycles. The molecule has 0 unspecified atom stereocenters. The molecule has 132 valence electrons. The van der Waals surface area contributed by atoms with Crippen molar-refractivity contribution in [2.75, 3.05) is 23.8 Å². The Morgan fingerprint density at radius 1 is 1.24 bits per heavy atom. The van der Waals surface area contributed by atoms with Crippen LogP contribution in [0.1, 0.15) is 36.1 Å². The average molecular weight is 459 g/mol. The number of nitrogens with zero attached hydrogens (tertiary/aromatic N) is 2. The molecule has 2 aromatic rings. The van der Waals surface area contributed by atoms with Crippen molar-refractivity contribution in [3.63, 3.8) is 0 Å². The molecular formula is C18H17F3IN3. The SMILES string of the molecule is C[C@@H](Nc1ccnc2c1C=C(I)CN2C)c1cccc(C(F)F)c1F. The number of anilines is 2. The fourth-order valence-corrected chi connectivity index (χ4v) is 3.74. The third-order valence-corrected chi connectivity index (χ3v) is 4.80. The van der Waals surface area contributed by atoms with Gasteiger partial charge in [0.1, 0.15) is 11.6 Å². The summed E-state index contributed by atoms with van der Waals surface area (Å²) in [6, 6.07) is 5.44. The quantitative estimate of drug-likeness (QED) is 0.608. The first-order valence-electron chi connectivity index (χ1n) is 7.77. The van der Waals surface area contributed by atoms with E-state index in [1.54, 1.807) is 13.1 Å². The fraction of sp³-hybridized carbons (Fsp3) is 0.278. The van der Waals surface area contributed by atoms with Crippen LogP contribution < -0.4 is 10.2 Å². The third-order valence-electron chi connectivity index (χ3n) is 4.15. The van der Waals surface area contributed by atoms with Crippen LogP contribution in [-0.4, -0.2) is 18.6 Å².